The number of nitriles is 1. The quantitative estimate of drug-likeness (QED) is 0.409. The summed E-state index contributed by atoms with van der Waals surface area (Å²) in [4.78, 5) is 29.1. The number of aliphatic carboxylic acids is 1. The number of amides is 1. The van der Waals surface area contributed by atoms with Crippen molar-refractivity contribution in [3.05, 3.63) is 75.5 Å². The molecule has 3 rings (SSSR count). The molecule has 7 nitrogen and oxygen atoms in total. The molecule has 0 bridgehead atoms. The Labute approximate surface area is 213 Å². The third-order valence-electron chi connectivity index (χ3n) is 5.06. The van der Waals surface area contributed by atoms with Crippen molar-refractivity contribution >= 4 is 40.8 Å². The fourth-order valence-electron chi connectivity index (χ4n) is 3.23. The van der Waals surface area contributed by atoms with Crippen molar-refractivity contribution in [1.82, 2.24) is 4.98 Å². The van der Waals surface area contributed by atoms with Crippen LogP contribution in [0.5, 0.6) is 5.75 Å². The lowest BCUT2D eigenvalue weighted by atomic mass is 9.99. The highest BCUT2D eigenvalue weighted by molar-refractivity contribution is 6.35. The van der Waals surface area contributed by atoms with E-state index in [1.54, 1.807) is 6.07 Å². The number of para-hydroxylation sites is 1. The Bertz CT molecular complexity index is 1390. The third kappa shape index (κ3) is 5.53. The molecule has 186 valence electrons. The summed E-state index contributed by atoms with van der Waals surface area (Å²) in [5, 5.41) is 18.8. The lowest BCUT2D eigenvalue weighted by Gasteiger charge is -2.23. The highest BCUT2D eigenvalue weighted by Gasteiger charge is 2.33. The van der Waals surface area contributed by atoms with Gasteiger partial charge in [-0.1, -0.05) is 29.3 Å². The van der Waals surface area contributed by atoms with E-state index in [0.29, 0.717) is 6.07 Å². The molecule has 1 atom stereocenters. The van der Waals surface area contributed by atoms with Gasteiger partial charge in [0.2, 0.25) is 0 Å². The number of carboxylic acid groups (broad SMARTS) is 1. The van der Waals surface area contributed by atoms with Gasteiger partial charge >= 0.3 is 12.1 Å². The summed E-state index contributed by atoms with van der Waals surface area (Å²) in [5.41, 5.74) is -1.30. The van der Waals surface area contributed by atoms with Gasteiger partial charge in [-0.05, 0) is 43.3 Å². The standard InChI is InChI=1S/C24H16Cl2F3N3O4/c1-12(23(34)35)36-19-5-3-4-18(26)21(19)32(2)22(33)13-6-7-17(25)15(8-13)16-11-31-20(24(27,28)29)9-14(16)10-30/h3-9,11-12H,1-2H3,(H,34,35). The summed E-state index contributed by atoms with van der Waals surface area (Å²) in [6, 6.07) is 10.8. The lowest BCUT2D eigenvalue weighted by Crippen LogP contribution is -2.29. The van der Waals surface area contributed by atoms with Crippen molar-refractivity contribution in [2.24, 2.45) is 0 Å². The Morgan fingerprint density at radius 2 is 1.83 bits per heavy atom. The molecule has 3 aromatic rings. The minimum absolute atomic E-state index is 0.00449. The predicted molar refractivity (Wildman–Crippen MR) is 126 cm³/mol. The van der Waals surface area contributed by atoms with Crippen molar-refractivity contribution in [3.63, 3.8) is 0 Å². The van der Waals surface area contributed by atoms with Gasteiger partial charge in [0.05, 0.1) is 16.7 Å². The number of pyridine rings is 1. The Balaban J connectivity index is 2.05. The number of carbonyl (C=O) groups is 2. The minimum atomic E-state index is -4.75. The molecule has 36 heavy (non-hydrogen) atoms. The van der Waals surface area contributed by atoms with Gasteiger partial charge in [0, 0.05) is 35.0 Å². The molecule has 0 spiro atoms. The Morgan fingerprint density at radius 1 is 1.14 bits per heavy atom. The van der Waals surface area contributed by atoms with E-state index in [4.69, 9.17) is 33.0 Å². The fourth-order valence-corrected chi connectivity index (χ4v) is 3.75. The average Bonchev–Trinajstić information content (AvgIpc) is 2.82. The average molecular weight is 538 g/mol. The largest absolute Gasteiger partial charge is 0.479 e. The predicted octanol–water partition coefficient (Wildman–Crippen LogP) is 6.07. The number of alkyl halides is 3. The molecule has 1 aromatic heterocycles. The maximum Gasteiger partial charge on any atom is 0.433 e. The molecule has 0 aliphatic carbocycles. The van der Waals surface area contributed by atoms with Crippen LogP contribution in [-0.2, 0) is 11.0 Å². The number of hydrogen-bond acceptors (Lipinski definition) is 5. The van der Waals surface area contributed by atoms with Gasteiger partial charge in [0.15, 0.2) is 6.10 Å². The molecule has 0 aliphatic rings. The molecular formula is C24H16Cl2F3N3O4. The van der Waals surface area contributed by atoms with E-state index in [1.807, 2.05) is 0 Å². The fraction of sp³-hybridized carbons (Fsp3) is 0.167. The number of aromatic nitrogens is 1. The van der Waals surface area contributed by atoms with Gasteiger partial charge in [0.25, 0.3) is 5.91 Å². The van der Waals surface area contributed by atoms with E-state index in [1.165, 1.54) is 50.4 Å². The van der Waals surface area contributed by atoms with Crippen molar-refractivity contribution < 1.29 is 32.6 Å². The second-order valence-corrected chi connectivity index (χ2v) is 8.28. The number of carboxylic acids is 1. The van der Waals surface area contributed by atoms with Crippen molar-refractivity contribution in [1.29, 1.82) is 5.26 Å². The summed E-state index contributed by atoms with van der Waals surface area (Å²) in [6.45, 7) is 1.31. The molecule has 1 unspecified atom stereocenters. The normalized spacial score (nSPS) is 11.9. The van der Waals surface area contributed by atoms with Crippen LogP contribution >= 0.6 is 23.2 Å². The molecule has 0 fully saturated rings. The minimum Gasteiger partial charge on any atom is -0.479 e. The van der Waals surface area contributed by atoms with Crippen LogP contribution in [0.1, 0.15) is 28.5 Å². The molecule has 0 aliphatic heterocycles. The monoisotopic (exact) mass is 537 g/mol. The third-order valence-corrected chi connectivity index (χ3v) is 5.69. The molecule has 0 saturated carbocycles. The number of benzene rings is 2. The van der Waals surface area contributed by atoms with Crippen molar-refractivity contribution in [2.75, 3.05) is 11.9 Å². The van der Waals surface area contributed by atoms with E-state index >= 15 is 0 Å². The van der Waals surface area contributed by atoms with Crippen LogP contribution in [0, 0.1) is 11.3 Å². The zero-order valence-corrected chi connectivity index (χ0v) is 20.1. The van der Waals surface area contributed by atoms with Crippen LogP contribution in [0.4, 0.5) is 18.9 Å². The first-order valence-electron chi connectivity index (χ1n) is 10.1. The summed E-state index contributed by atoms with van der Waals surface area (Å²) in [6.07, 6.45) is -5.11. The van der Waals surface area contributed by atoms with E-state index in [0.717, 1.165) is 11.1 Å². The summed E-state index contributed by atoms with van der Waals surface area (Å²) < 4.78 is 44.5. The summed E-state index contributed by atoms with van der Waals surface area (Å²) >= 11 is 12.5. The van der Waals surface area contributed by atoms with E-state index in [-0.39, 0.29) is 43.7 Å². The zero-order chi connectivity index (χ0) is 26.8. The first-order chi connectivity index (χ1) is 16.8. The van der Waals surface area contributed by atoms with Gasteiger partial charge < -0.3 is 14.7 Å². The summed E-state index contributed by atoms with van der Waals surface area (Å²) in [5.74, 6) is -1.80. The van der Waals surface area contributed by atoms with Gasteiger partial charge in [0.1, 0.15) is 17.1 Å². The second-order valence-electron chi connectivity index (χ2n) is 7.47. The highest BCUT2D eigenvalue weighted by atomic mass is 35.5. The van der Waals surface area contributed by atoms with Crippen LogP contribution in [0.3, 0.4) is 0 Å². The first kappa shape index (κ1) is 26.8. The molecule has 0 saturated heterocycles. The highest BCUT2D eigenvalue weighted by Crippen LogP contribution is 2.38. The van der Waals surface area contributed by atoms with Crippen LogP contribution in [-0.4, -0.2) is 35.1 Å². The number of rotatable bonds is 6. The van der Waals surface area contributed by atoms with Crippen LogP contribution in [0.15, 0.2) is 48.7 Å². The van der Waals surface area contributed by atoms with E-state index in [2.05, 4.69) is 4.98 Å². The van der Waals surface area contributed by atoms with Gasteiger partial charge in [-0.15, -0.1) is 0 Å². The topological polar surface area (TPSA) is 104 Å². The SMILES string of the molecule is CC(Oc1cccc(Cl)c1N(C)C(=O)c1ccc(Cl)c(-c2cnc(C(F)(F)F)cc2C#N)c1)C(=O)O. The number of ether oxygens (including phenoxy) is 1. The molecule has 12 heteroatoms. The molecule has 1 N–H and O–H groups in total. The maximum atomic E-state index is 13.3. The van der Waals surface area contributed by atoms with Crippen molar-refractivity contribution in [2.45, 2.75) is 19.2 Å². The Hall–Kier alpha value is -3.81. The van der Waals surface area contributed by atoms with Crippen LogP contribution in [0.2, 0.25) is 10.0 Å². The number of nitrogens with zero attached hydrogens (tertiary/aromatic N) is 3. The smallest absolute Gasteiger partial charge is 0.433 e. The molecule has 0 radical (unpaired) electrons. The lowest BCUT2D eigenvalue weighted by molar-refractivity contribution is -0.144. The first-order valence-corrected chi connectivity index (χ1v) is 10.8. The Kier molecular flexibility index (Phi) is 7.77. The maximum absolute atomic E-state index is 13.3. The van der Waals surface area contributed by atoms with E-state index in [9.17, 15) is 28.0 Å². The number of hydrogen-bond donors (Lipinski definition) is 1. The number of carbonyl (C=O) groups excluding carboxylic acids is 1. The molecule has 1 amide bonds. The van der Waals surface area contributed by atoms with Gasteiger partial charge in [-0.25, -0.2) is 4.79 Å². The summed E-state index contributed by atoms with van der Waals surface area (Å²) in [7, 11) is 1.39. The second kappa shape index (κ2) is 10.4. The van der Waals surface area contributed by atoms with Gasteiger partial charge in [-0.3, -0.25) is 9.78 Å². The van der Waals surface area contributed by atoms with Crippen molar-refractivity contribution in [3.8, 4) is 22.9 Å². The molecule has 2 aromatic carbocycles. The zero-order valence-electron chi connectivity index (χ0n) is 18.6. The number of halogens is 5. The van der Waals surface area contributed by atoms with Crippen LogP contribution in [0.25, 0.3) is 11.1 Å². The van der Waals surface area contributed by atoms with Crippen LogP contribution < -0.4 is 9.64 Å². The molecular weight excluding hydrogens is 522 g/mol. The van der Waals surface area contributed by atoms with Gasteiger partial charge in [-0.2, -0.15) is 18.4 Å². The Morgan fingerprint density at radius 3 is 2.44 bits per heavy atom. The van der Waals surface area contributed by atoms with E-state index < -0.39 is 29.9 Å². The number of anilines is 1. The molecule has 1 heterocycles.